The third kappa shape index (κ3) is 4.01. The third-order valence-electron chi connectivity index (χ3n) is 2.57. The van der Waals surface area contributed by atoms with Crippen LogP contribution in [0.1, 0.15) is 30.9 Å². The Bertz CT molecular complexity index is 357. The molecule has 2 N–H and O–H groups in total. The van der Waals surface area contributed by atoms with Crippen LogP contribution >= 0.6 is 0 Å². The van der Waals surface area contributed by atoms with Crippen LogP contribution in [0.3, 0.4) is 0 Å². The average molecular weight is 218 g/mol. The molecule has 1 atom stereocenters. The molecule has 0 aromatic heterocycles. The van der Waals surface area contributed by atoms with Crippen molar-refractivity contribution >= 4 is 0 Å². The van der Waals surface area contributed by atoms with E-state index in [4.69, 9.17) is 10.4 Å². The van der Waals surface area contributed by atoms with Crippen LogP contribution in [0.5, 0.6) is 0 Å². The van der Waals surface area contributed by atoms with E-state index in [9.17, 15) is 0 Å². The van der Waals surface area contributed by atoms with Crippen LogP contribution in [0.15, 0.2) is 24.3 Å². The van der Waals surface area contributed by atoms with Crippen molar-refractivity contribution in [3.05, 3.63) is 35.4 Å². The fourth-order valence-electron chi connectivity index (χ4n) is 1.57. The number of aliphatic hydroxyl groups excluding tert-OH is 1. The number of hydrogen-bond acceptors (Lipinski definition) is 3. The summed E-state index contributed by atoms with van der Waals surface area (Å²) in [6.45, 7) is 3.03. The van der Waals surface area contributed by atoms with Gasteiger partial charge in [-0.15, -0.1) is 0 Å². The molecule has 0 saturated heterocycles. The summed E-state index contributed by atoms with van der Waals surface area (Å²) in [5, 5.41) is 21.0. The van der Waals surface area contributed by atoms with Gasteiger partial charge in [0.15, 0.2) is 0 Å². The highest BCUT2D eigenvalue weighted by atomic mass is 16.2. The van der Waals surface area contributed by atoms with E-state index in [2.05, 4.69) is 18.3 Å². The summed E-state index contributed by atoms with van der Waals surface area (Å²) in [6, 6.07) is 10.1. The number of aliphatic hydroxyl groups is 1. The lowest BCUT2D eigenvalue weighted by Crippen LogP contribution is -2.25. The van der Waals surface area contributed by atoms with Crippen LogP contribution < -0.4 is 5.32 Å². The summed E-state index contributed by atoms with van der Waals surface area (Å²) in [5.74, 6) is 0. The molecule has 0 aliphatic rings. The first-order chi connectivity index (χ1) is 7.77. The van der Waals surface area contributed by atoms with E-state index >= 15 is 0 Å². The van der Waals surface area contributed by atoms with Crippen LogP contribution in [0.2, 0.25) is 0 Å². The molecule has 1 rings (SSSR count). The van der Waals surface area contributed by atoms with Gasteiger partial charge in [0, 0.05) is 19.2 Å². The molecule has 0 aliphatic carbocycles. The maximum atomic E-state index is 8.91. The lowest BCUT2D eigenvalue weighted by molar-refractivity contribution is 0.276. The number of nitrogens with one attached hydrogen (secondary N) is 1. The Morgan fingerprint density at radius 1 is 1.44 bits per heavy atom. The van der Waals surface area contributed by atoms with Gasteiger partial charge < -0.3 is 10.4 Å². The Morgan fingerprint density at radius 3 is 2.88 bits per heavy atom. The molecule has 0 radical (unpaired) electrons. The average Bonchev–Trinajstić information content (AvgIpc) is 2.34. The van der Waals surface area contributed by atoms with E-state index in [-0.39, 0.29) is 6.61 Å². The van der Waals surface area contributed by atoms with Crippen molar-refractivity contribution in [2.75, 3.05) is 6.61 Å². The van der Waals surface area contributed by atoms with Gasteiger partial charge in [-0.3, -0.25) is 0 Å². The quantitative estimate of drug-likeness (QED) is 0.765. The first-order valence-electron chi connectivity index (χ1n) is 5.60. The minimum Gasteiger partial charge on any atom is -0.396 e. The van der Waals surface area contributed by atoms with E-state index in [0.717, 1.165) is 24.0 Å². The van der Waals surface area contributed by atoms with Crippen molar-refractivity contribution in [2.24, 2.45) is 0 Å². The van der Waals surface area contributed by atoms with Crippen molar-refractivity contribution in [3.63, 3.8) is 0 Å². The fourth-order valence-corrected chi connectivity index (χ4v) is 1.57. The molecular formula is C13H18N2O. The zero-order chi connectivity index (χ0) is 11.8. The predicted octanol–water partition coefficient (Wildman–Crippen LogP) is 1.81. The van der Waals surface area contributed by atoms with Gasteiger partial charge in [0.1, 0.15) is 0 Å². The molecule has 0 aliphatic heterocycles. The number of benzene rings is 1. The summed E-state index contributed by atoms with van der Waals surface area (Å²) < 4.78 is 0. The van der Waals surface area contributed by atoms with Gasteiger partial charge in [0.2, 0.25) is 0 Å². The zero-order valence-corrected chi connectivity index (χ0v) is 9.61. The molecule has 0 spiro atoms. The van der Waals surface area contributed by atoms with E-state index < -0.39 is 0 Å². The molecular weight excluding hydrogens is 200 g/mol. The third-order valence-corrected chi connectivity index (χ3v) is 2.57. The number of nitrogens with zero attached hydrogens (tertiary/aromatic N) is 1. The molecule has 0 amide bonds. The molecule has 86 valence electrons. The second-order valence-electron chi connectivity index (χ2n) is 3.92. The topological polar surface area (TPSA) is 56.0 Å². The van der Waals surface area contributed by atoms with Gasteiger partial charge in [-0.05, 0) is 31.4 Å². The highest BCUT2D eigenvalue weighted by Crippen LogP contribution is 2.07. The van der Waals surface area contributed by atoms with Crippen molar-refractivity contribution < 1.29 is 5.11 Å². The van der Waals surface area contributed by atoms with Gasteiger partial charge in [-0.1, -0.05) is 18.2 Å². The van der Waals surface area contributed by atoms with Crippen LogP contribution in [0.25, 0.3) is 0 Å². The first kappa shape index (κ1) is 12.7. The second-order valence-corrected chi connectivity index (χ2v) is 3.92. The lowest BCUT2D eigenvalue weighted by atomic mass is 10.1. The highest BCUT2D eigenvalue weighted by molar-refractivity contribution is 5.37. The molecule has 3 nitrogen and oxygen atoms in total. The molecule has 3 heteroatoms. The van der Waals surface area contributed by atoms with E-state index in [0.29, 0.717) is 12.6 Å². The van der Waals surface area contributed by atoms with Gasteiger partial charge in [0.05, 0.1) is 11.6 Å². The van der Waals surface area contributed by atoms with Crippen LogP contribution in [0, 0.1) is 11.3 Å². The van der Waals surface area contributed by atoms with Crippen LogP contribution in [-0.4, -0.2) is 17.8 Å². The Kier molecular flexibility index (Phi) is 5.55. The summed E-state index contributed by atoms with van der Waals surface area (Å²) in [7, 11) is 0. The van der Waals surface area contributed by atoms with E-state index in [1.165, 1.54) is 0 Å². The van der Waals surface area contributed by atoms with Crippen molar-refractivity contribution in [3.8, 4) is 6.07 Å². The maximum absolute atomic E-state index is 8.91. The first-order valence-corrected chi connectivity index (χ1v) is 5.60. The van der Waals surface area contributed by atoms with E-state index in [1.54, 1.807) is 0 Å². The fraction of sp³-hybridized carbons (Fsp3) is 0.462. The number of hydrogen-bond donors (Lipinski definition) is 2. The lowest BCUT2D eigenvalue weighted by Gasteiger charge is -2.13. The standard InChI is InChI=1S/C13H18N2O/c1-11(5-4-8-16)15-10-13-7-3-2-6-12(13)9-14/h2-3,6-7,11,15-16H,4-5,8,10H2,1H3. The van der Waals surface area contributed by atoms with Gasteiger partial charge >= 0.3 is 0 Å². The van der Waals surface area contributed by atoms with Crippen LogP contribution in [0.4, 0.5) is 0 Å². The van der Waals surface area contributed by atoms with Crippen molar-refractivity contribution in [1.82, 2.24) is 5.32 Å². The van der Waals surface area contributed by atoms with Crippen molar-refractivity contribution in [1.29, 1.82) is 5.26 Å². The predicted molar refractivity (Wildman–Crippen MR) is 63.8 cm³/mol. The largest absolute Gasteiger partial charge is 0.396 e. The summed E-state index contributed by atoms with van der Waals surface area (Å²) in [6.07, 6.45) is 1.76. The van der Waals surface area contributed by atoms with E-state index in [1.807, 2.05) is 24.3 Å². The molecule has 0 heterocycles. The maximum Gasteiger partial charge on any atom is 0.0995 e. The Labute approximate surface area is 96.7 Å². The molecule has 1 aromatic rings. The smallest absolute Gasteiger partial charge is 0.0995 e. The Balaban J connectivity index is 2.45. The Morgan fingerprint density at radius 2 is 2.19 bits per heavy atom. The molecule has 0 saturated carbocycles. The monoisotopic (exact) mass is 218 g/mol. The second kappa shape index (κ2) is 7.00. The van der Waals surface area contributed by atoms with Crippen molar-refractivity contribution in [2.45, 2.75) is 32.4 Å². The summed E-state index contributed by atoms with van der Waals surface area (Å²) in [5.41, 5.74) is 1.75. The molecule has 0 fully saturated rings. The molecule has 1 aromatic carbocycles. The number of nitriles is 1. The van der Waals surface area contributed by atoms with Gasteiger partial charge in [-0.2, -0.15) is 5.26 Å². The van der Waals surface area contributed by atoms with Crippen LogP contribution in [-0.2, 0) is 6.54 Å². The van der Waals surface area contributed by atoms with Gasteiger partial charge in [0.25, 0.3) is 0 Å². The SMILES string of the molecule is CC(CCCO)NCc1ccccc1C#N. The minimum atomic E-state index is 0.237. The Hall–Kier alpha value is -1.37. The normalized spacial score (nSPS) is 12.1. The zero-order valence-electron chi connectivity index (χ0n) is 9.61. The molecule has 0 bridgehead atoms. The molecule has 16 heavy (non-hydrogen) atoms. The number of rotatable bonds is 6. The highest BCUT2D eigenvalue weighted by Gasteiger charge is 2.03. The summed E-state index contributed by atoms with van der Waals surface area (Å²) in [4.78, 5) is 0. The molecule has 1 unspecified atom stereocenters. The minimum absolute atomic E-state index is 0.237. The van der Waals surface area contributed by atoms with Gasteiger partial charge in [-0.25, -0.2) is 0 Å². The summed E-state index contributed by atoms with van der Waals surface area (Å²) >= 11 is 0.